The highest BCUT2D eigenvalue weighted by molar-refractivity contribution is 5.95. The summed E-state index contributed by atoms with van der Waals surface area (Å²) in [7, 11) is 0. The molecule has 2 N–H and O–H groups in total. The Bertz CT molecular complexity index is 1150. The van der Waals surface area contributed by atoms with Crippen molar-refractivity contribution in [3.8, 4) is 0 Å². The first-order chi connectivity index (χ1) is 17.4. The number of aryl methyl sites for hydroxylation is 1. The number of carbonyl (C=O) groups is 2. The van der Waals surface area contributed by atoms with E-state index in [1.165, 1.54) is 11.1 Å². The van der Waals surface area contributed by atoms with Crippen molar-refractivity contribution in [2.45, 2.75) is 32.7 Å². The normalized spacial score (nSPS) is 15.5. The third-order valence-corrected chi connectivity index (χ3v) is 6.73. The van der Waals surface area contributed by atoms with E-state index >= 15 is 0 Å². The van der Waals surface area contributed by atoms with E-state index in [1.807, 2.05) is 53.1 Å². The molecule has 0 spiro atoms. The van der Waals surface area contributed by atoms with Gasteiger partial charge in [0.25, 0.3) is 0 Å². The van der Waals surface area contributed by atoms with Crippen molar-refractivity contribution in [1.29, 1.82) is 0 Å². The first kappa shape index (κ1) is 25.4. The highest BCUT2D eigenvalue weighted by Gasteiger charge is 2.24. The average Bonchev–Trinajstić information content (AvgIpc) is 2.90. The lowest BCUT2D eigenvalue weighted by atomic mass is 9.98. The number of pyridine rings is 1. The molecule has 188 valence electrons. The van der Waals surface area contributed by atoms with E-state index in [4.69, 9.17) is 0 Å². The van der Waals surface area contributed by atoms with Crippen molar-refractivity contribution in [3.05, 3.63) is 89.6 Å². The number of nitrogens with zero attached hydrogens (tertiary/aromatic N) is 3. The van der Waals surface area contributed by atoms with Crippen molar-refractivity contribution in [2.75, 3.05) is 42.9 Å². The van der Waals surface area contributed by atoms with Crippen LogP contribution in [0.1, 0.15) is 42.5 Å². The summed E-state index contributed by atoms with van der Waals surface area (Å²) in [4.78, 5) is 33.9. The van der Waals surface area contributed by atoms with Gasteiger partial charge in [-0.3, -0.25) is 9.59 Å². The van der Waals surface area contributed by atoms with Crippen LogP contribution in [0.5, 0.6) is 0 Å². The SMILES string of the molecule is CCN1CCN(c2ccc(NC(=O)[C@@H](NCC(C)c3ccc(C)cc3)c3ccccc3)nc2)CC1=O. The number of carbonyl (C=O) groups excluding carboxylic acids is 2. The zero-order chi connectivity index (χ0) is 25.5. The predicted octanol–water partition coefficient (Wildman–Crippen LogP) is 4.13. The molecule has 1 fully saturated rings. The zero-order valence-electron chi connectivity index (χ0n) is 21.3. The number of aromatic nitrogens is 1. The molecule has 1 saturated heterocycles. The first-order valence-corrected chi connectivity index (χ1v) is 12.6. The molecule has 2 amide bonds. The summed E-state index contributed by atoms with van der Waals surface area (Å²) in [6.45, 7) is 9.44. The molecule has 1 aliphatic rings. The van der Waals surface area contributed by atoms with Crippen molar-refractivity contribution in [3.63, 3.8) is 0 Å². The molecule has 2 atom stereocenters. The summed E-state index contributed by atoms with van der Waals surface area (Å²) >= 11 is 0. The fourth-order valence-corrected chi connectivity index (χ4v) is 4.42. The quantitative estimate of drug-likeness (QED) is 0.477. The predicted molar refractivity (Wildman–Crippen MR) is 144 cm³/mol. The second-order valence-corrected chi connectivity index (χ2v) is 9.35. The average molecular weight is 486 g/mol. The lowest BCUT2D eigenvalue weighted by Crippen LogP contribution is -2.50. The van der Waals surface area contributed by atoms with Crippen LogP contribution in [0.4, 0.5) is 11.5 Å². The number of nitrogens with one attached hydrogen (secondary N) is 2. The number of hydrogen-bond donors (Lipinski definition) is 2. The topological polar surface area (TPSA) is 77.6 Å². The van der Waals surface area contributed by atoms with Gasteiger partial charge in [0.15, 0.2) is 0 Å². The summed E-state index contributed by atoms with van der Waals surface area (Å²) in [5.74, 6) is 0.691. The van der Waals surface area contributed by atoms with E-state index in [2.05, 4.69) is 53.7 Å². The standard InChI is InChI=1S/C29H35N5O2/c1-4-33-16-17-34(20-27(33)35)25-14-15-26(30-19-25)32-29(36)28(24-8-6-5-7-9-24)31-18-22(3)23-12-10-21(2)11-13-23/h5-15,19,22,28,31H,4,16-18,20H2,1-3H3,(H,30,32,36)/t22?,28-/m0/s1. The number of anilines is 2. The van der Waals surface area contributed by atoms with Crippen LogP contribution >= 0.6 is 0 Å². The maximum Gasteiger partial charge on any atom is 0.247 e. The number of piperazine rings is 1. The fraction of sp³-hybridized carbons (Fsp3) is 0.345. The smallest absolute Gasteiger partial charge is 0.247 e. The Labute approximate surface area is 213 Å². The largest absolute Gasteiger partial charge is 0.359 e. The number of benzene rings is 2. The van der Waals surface area contributed by atoms with Gasteiger partial charge in [0.05, 0.1) is 18.4 Å². The van der Waals surface area contributed by atoms with Crippen LogP contribution in [-0.4, -0.2) is 54.4 Å². The summed E-state index contributed by atoms with van der Waals surface area (Å²) in [5, 5.41) is 6.42. The van der Waals surface area contributed by atoms with Crippen LogP contribution in [0.2, 0.25) is 0 Å². The van der Waals surface area contributed by atoms with Gasteiger partial charge < -0.3 is 20.4 Å². The molecule has 7 heteroatoms. The lowest BCUT2D eigenvalue weighted by Gasteiger charge is -2.34. The van der Waals surface area contributed by atoms with Crippen molar-refractivity contribution < 1.29 is 9.59 Å². The minimum absolute atomic E-state index is 0.123. The molecule has 36 heavy (non-hydrogen) atoms. The van der Waals surface area contributed by atoms with Crippen LogP contribution in [0, 0.1) is 6.92 Å². The Morgan fingerprint density at radius 1 is 1.00 bits per heavy atom. The van der Waals surface area contributed by atoms with Gasteiger partial charge in [-0.05, 0) is 43.0 Å². The minimum atomic E-state index is -0.514. The second-order valence-electron chi connectivity index (χ2n) is 9.35. The van der Waals surface area contributed by atoms with E-state index in [9.17, 15) is 9.59 Å². The van der Waals surface area contributed by atoms with Gasteiger partial charge in [0, 0.05) is 26.2 Å². The van der Waals surface area contributed by atoms with Crippen LogP contribution in [0.3, 0.4) is 0 Å². The number of rotatable bonds is 9. The van der Waals surface area contributed by atoms with Gasteiger partial charge >= 0.3 is 0 Å². The van der Waals surface area contributed by atoms with Crippen molar-refractivity contribution in [1.82, 2.24) is 15.2 Å². The molecule has 0 bridgehead atoms. The third kappa shape index (κ3) is 6.29. The second kappa shape index (κ2) is 11.8. The molecule has 2 aromatic carbocycles. The Hall–Kier alpha value is -3.71. The summed E-state index contributed by atoms with van der Waals surface area (Å²) in [5.41, 5.74) is 4.24. The van der Waals surface area contributed by atoms with Crippen LogP contribution in [0.15, 0.2) is 72.9 Å². The summed E-state index contributed by atoms with van der Waals surface area (Å²) < 4.78 is 0. The number of amides is 2. The Balaban J connectivity index is 1.41. The number of likely N-dealkylation sites (N-methyl/N-ethyl adjacent to an activating group) is 1. The highest BCUT2D eigenvalue weighted by atomic mass is 16.2. The van der Waals surface area contributed by atoms with E-state index in [-0.39, 0.29) is 17.7 Å². The maximum absolute atomic E-state index is 13.3. The monoisotopic (exact) mass is 485 g/mol. The van der Waals surface area contributed by atoms with Gasteiger partial charge in [-0.25, -0.2) is 4.98 Å². The molecule has 0 radical (unpaired) electrons. The van der Waals surface area contributed by atoms with Crippen LogP contribution in [0.25, 0.3) is 0 Å². The van der Waals surface area contributed by atoms with E-state index in [0.29, 0.717) is 25.5 Å². The molecule has 0 saturated carbocycles. The van der Waals surface area contributed by atoms with Gasteiger partial charge in [0.1, 0.15) is 11.9 Å². The van der Waals surface area contributed by atoms with E-state index in [1.54, 1.807) is 12.3 Å². The van der Waals surface area contributed by atoms with Gasteiger partial charge in [-0.15, -0.1) is 0 Å². The molecule has 2 heterocycles. The number of hydrogen-bond acceptors (Lipinski definition) is 5. The maximum atomic E-state index is 13.3. The first-order valence-electron chi connectivity index (χ1n) is 12.6. The molecule has 3 aromatic rings. The van der Waals surface area contributed by atoms with E-state index < -0.39 is 6.04 Å². The Morgan fingerprint density at radius 3 is 2.39 bits per heavy atom. The Kier molecular flexibility index (Phi) is 8.33. The van der Waals surface area contributed by atoms with Gasteiger partial charge in [-0.1, -0.05) is 67.1 Å². The highest BCUT2D eigenvalue weighted by Crippen LogP contribution is 2.21. The molecular weight excluding hydrogens is 450 g/mol. The van der Waals surface area contributed by atoms with Crippen LogP contribution < -0.4 is 15.5 Å². The molecule has 7 nitrogen and oxygen atoms in total. The lowest BCUT2D eigenvalue weighted by molar-refractivity contribution is -0.130. The zero-order valence-corrected chi connectivity index (χ0v) is 21.3. The minimum Gasteiger partial charge on any atom is -0.359 e. The molecule has 4 rings (SSSR count). The van der Waals surface area contributed by atoms with Crippen LogP contribution in [-0.2, 0) is 9.59 Å². The Morgan fingerprint density at radius 2 is 1.75 bits per heavy atom. The van der Waals surface area contributed by atoms with Gasteiger partial charge in [-0.2, -0.15) is 0 Å². The third-order valence-electron chi connectivity index (χ3n) is 6.73. The van der Waals surface area contributed by atoms with E-state index in [0.717, 1.165) is 24.3 Å². The van der Waals surface area contributed by atoms with Crippen molar-refractivity contribution >= 4 is 23.3 Å². The fourth-order valence-electron chi connectivity index (χ4n) is 4.42. The summed E-state index contributed by atoms with van der Waals surface area (Å²) in [6, 6.07) is 21.4. The molecular formula is C29H35N5O2. The van der Waals surface area contributed by atoms with Gasteiger partial charge in [0.2, 0.25) is 11.8 Å². The molecule has 1 aliphatic heterocycles. The summed E-state index contributed by atoms with van der Waals surface area (Å²) in [6.07, 6.45) is 1.72. The van der Waals surface area contributed by atoms with Crippen molar-refractivity contribution in [2.24, 2.45) is 0 Å². The molecule has 0 aliphatic carbocycles. The molecule has 1 unspecified atom stereocenters. The molecule has 1 aromatic heterocycles.